The number of ether oxygens (including phenoxy) is 6. The second-order valence-electron chi connectivity index (χ2n) is 9.00. The summed E-state index contributed by atoms with van der Waals surface area (Å²) < 4.78 is 38.1. The van der Waals surface area contributed by atoms with Crippen LogP contribution < -0.4 is 5.56 Å². The van der Waals surface area contributed by atoms with E-state index in [0.717, 1.165) is 5.56 Å². The summed E-state index contributed by atoms with van der Waals surface area (Å²) in [6, 6.07) is 9.95. The summed E-state index contributed by atoms with van der Waals surface area (Å²) in [7, 11) is 1.59. The van der Waals surface area contributed by atoms with Crippen LogP contribution in [0.1, 0.15) is 25.6 Å². The van der Waals surface area contributed by atoms with E-state index >= 15 is 0 Å². The van der Waals surface area contributed by atoms with E-state index in [1.807, 2.05) is 44.2 Å². The van der Waals surface area contributed by atoms with Crippen molar-refractivity contribution in [3.63, 3.8) is 0 Å². The van der Waals surface area contributed by atoms with Crippen LogP contribution >= 0.6 is 0 Å². The Bertz CT molecular complexity index is 1200. The molecular formula is C24H30N4O7. The Balaban J connectivity index is 1.34. The van der Waals surface area contributed by atoms with Crippen LogP contribution in [-0.4, -0.2) is 70.1 Å². The summed E-state index contributed by atoms with van der Waals surface area (Å²) in [5.74, 6) is -0.773. The van der Waals surface area contributed by atoms with Gasteiger partial charge in [-0.15, -0.1) is 0 Å². The fourth-order valence-electron chi connectivity index (χ4n) is 4.41. The second kappa shape index (κ2) is 10.1. The van der Waals surface area contributed by atoms with Crippen molar-refractivity contribution in [2.24, 2.45) is 0 Å². The van der Waals surface area contributed by atoms with Gasteiger partial charge in [0.25, 0.3) is 5.56 Å². The molecule has 2 aliphatic rings. The molecule has 0 spiro atoms. The van der Waals surface area contributed by atoms with E-state index in [9.17, 15) is 4.79 Å². The van der Waals surface area contributed by atoms with Crippen LogP contribution in [-0.2, 0) is 41.8 Å². The minimum absolute atomic E-state index is 0.0641. The largest absolute Gasteiger partial charge is 0.382 e. The molecule has 188 valence electrons. The van der Waals surface area contributed by atoms with Gasteiger partial charge >= 0.3 is 0 Å². The first-order chi connectivity index (χ1) is 17.0. The second-order valence-corrected chi connectivity index (χ2v) is 9.00. The van der Waals surface area contributed by atoms with Crippen molar-refractivity contribution in [1.29, 1.82) is 0 Å². The van der Waals surface area contributed by atoms with Gasteiger partial charge in [-0.25, -0.2) is 9.97 Å². The minimum Gasteiger partial charge on any atom is -0.382 e. The van der Waals surface area contributed by atoms with Gasteiger partial charge < -0.3 is 28.4 Å². The van der Waals surface area contributed by atoms with Crippen molar-refractivity contribution in [3.8, 4) is 0 Å². The lowest BCUT2D eigenvalue weighted by Gasteiger charge is -2.24. The van der Waals surface area contributed by atoms with Gasteiger partial charge in [0.15, 0.2) is 23.2 Å². The number of aromatic nitrogens is 4. The van der Waals surface area contributed by atoms with Crippen molar-refractivity contribution in [1.82, 2.24) is 19.1 Å². The first-order valence-corrected chi connectivity index (χ1v) is 11.6. The van der Waals surface area contributed by atoms with Crippen molar-refractivity contribution >= 4 is 11.2 Å². The predicted octanol–water partition coefficient (Wildman–Crippen LogP) is 1.85. The molecule has 11 heteroatoms. The highest BCUT2D eigenvalue weighted by Crippen LogP contribution is 2.43. The summed E-state index contributed by atoms with van der Waals surface area (Å²) in [5.41, 5.74) is 1.41. The maximum absolute atomic E-state index is 12.9. The SMILES string of the molecule is COCCOCn1cnc2c(ncn2[C@@H]2O[C@H](COCc3ccccc3)[C@H]3OC(C)(C)O[C@H]32)c1=O. The van der Waals surface area contributed by atoms with Gasteiger partial charge in [-0.05, 0) is 19.4 Å². The molecule has 4 atom stereocenters. The molecule has 0 saturated carbocycles. The van der Waals surface area contributed by atoms with Crippen LogP contribution in [0.2, 0.25) is 0 Å². The van der Waals surface area contributed by atoms with Gasteiger partial charge in [-0.2, -0.15) is 0 Å². The maximum atomic E-state index is 12.9. The number of nitrogens with zero attached hydrogens (tertiary/aromatic N) is 4. The lowest BCUT2D eigenvalue weighted by atomic mass is 10.1. The van der Waals surface area contributed by atoms with Gasteiger partial charge in [0, 0.05) is 7.11 Å². The molecule has 0 bridgehead atoms. The number of methoxy groups -OCH3 is 1. The monoisotopic (exact) mass is 486 g/mol. The molecule has 5 rings (SSSR count). The molecule has 2 aromatic heterocycles. The number of hydrogen-bond acceptors (Lipinski definition) is 9. The molecule has 35 heavy (non-hydrogen) atoms. The average Bonchev–Trinajstić information content (AvgIpc) is 3.50. The molecule has 0 unspecified atom stereocenters. The number of fused-ring (bicyclic) bond motifs is 2. The number of imidazole rings is 1. The highest BCUT2D eigenvalue weighted by Gasteiger charge is 2.56. The lowest BCUT2D eigenvalue weighted by Crippen LogP contribution is -2.32. The zero-order chi connectivity index (χ0) is 24.4. The van der Waals surface area contributed by atoms with Crippen LogP contribution in [0.25, 0.3) is 11.2 Å². The van der Waals surface area contributed by atoms with Crippen LogP contribution in [0.15, 0.2) is 47.8 Å². The average molecular weight is 487 g/mol. The Morgan fingerprint density at radius 1 is 1.03 bits per heavy atom. The predicted molar refractivity (Wildman–Crippen MR) is 123 cm³/mol. The fourth-order valence-corrected chi connectivity index (χ4v) is 4.41. The third-order valence-electron chi connectivity index (χ3n) is 6.01. The van der Waals surface area contributed by atoms with E-state index < -0.39 is 18.1 Å². The van der Waals surface area contributed by atoms with E-state index in [-0.39, 0.29) is 30.0 Å². The molecule has 11 nitrogen and oxygen atoms in total. The van der Waals surface area contributed by atoms with E-state index in [2.05, 4.69) is 9.97 Å². The van der Waals surface area contributed by atoms with E-state index in [0.29, 0.717) is 32.1 Å². The first-order valence-electron chi connectivity index (χ1n) is 11.6. The van der Waals surface area contributed by atoms with Crippen LogP contribution in [0, 0.1) is 0 Å². The molecule has 2 fully saturated rings. The number of benzene rings is 1. The Labute approximate surface area is 202 Å². The van der Waals surface area contributed by atoms with Crippen LogP contribution in [0.5, 0.6) is 0 Å². The van der Waals surface area contributed by atoms with Gasteiger partial charge in [0.2, 0.25) is 0 Å². The summed E-state index contributed by atoms with van der Waals surface area (Å²) >= 11 is 0. The number of hydrogen-bond donors (Lipinski definition) is 0. The van der Waals surface area contributed by atoms with Gasteiger partial charge in [0.1, 0.15) is 31.4 Å². The fraction of sp³-hybridized carbons (Fsp3) is 0.542. The van der Waals surface area contributed by atoms with Crippen LogP contribution in [0.3, 0.4) is 0 Å². The van der Waals surface area contributed by atoms with Crippen molar-refractivity contribution in [2.75, 3.05) is 26.9 Å². The van der Waals surface area contributed by atoms with E-state index in [4.69, 9.17) is 28.4 Å². The molecule has 4 heterocycles. The Morgan fingerprint density at radius 2 is 1.83 bits per heavy atom. The van der Waals surface area contributed by atoms with Gasteiger partial charge in [0.05, 0.1) is 32.8 Å². The van der Waals surface area contributed by atoms with Gasteiger partial charge in [-0.3, -0.25) is 13.9 Å². The highest BCUT2D eigenvalue weighted by atomic mass is 16.8. The Hall–Kier alpha value is -2.67. The molecule has 3 aromatic rings. The summed E-state index contributed by atoms with van der Waals surface area (Å²) in [5, 5.41) is 0. The normalized spacial score (nSPS) is 25.3. The standard InChI is InChI=1S/C24H30N4O7/c1-24(2)34-19-17(12-32-11-16-7-5-4-6-8-16)33-23(20(19)35-24)28-14-25-18-21(28)26-13-27(22(18)29)15-31-10-9-30-3/h4-8,13-14,17,19-20,23H,9-12,15H2,1-3H3/t17-,19-,20-,23-/m1/s1. The number of rotatable bonds is 10. The molecule has 0 amide bonds. The Morgan fingerprint density at radius 3 is 2.63 bits per heavy atom. The molecule has 2 aliphatic heterocycles. The van der Waals surface area contributed by atoms with Crippen molar-refractivity contribution in [2.45, 2.75) is 57.5 Å². The van der Waals surface area contributed by atoms with Gasteiger partial charge in [-0.1, -0.05) is 30.3 Å². The lowest BCUT2D eigenvalue weighted by molar-refractivity contribution is -0.202. The maximum Gasteiger partial charge on any atom is 0.283 e. The molecule has 2 saturated heterocycles. The Kier molecular flexibility index (Phi) is 6.96. The smallest absolute Gasteiger partial charge is 0.283 e. The third kappa shape index (κ3) is 5.01. The molecule has 1 aromatic carbocycles. The minimum atomic E-state index is -0.773. The summed E-state index contributed by atoms with van der Waals surface area (Å²) in [6.07, 6.45) is 1.32. The quantitative estimate of drug-likeness (QED) is 0.397. The molecular weight excluding hydrogens is 456 g/mol. The van der Waals surface area contributed by atoms with Crippen LogP contribution in [0.4, 0.5) is 0 Å². The topological polar surface area (TPSA) is 108 Å². The molecule has 0 N–H and O–H groups in total. The summed E-state index contributed by atoms with van der Waals surface area (Å²) in [4.78, 5) is 21.7. The van der Waals surface area contributed by atoms with E-state index in [1.165, 1.54) is 10.9 Å². The van der Waals surface area contributed by atoms with Crippen molar-refractivity contribution in [3.05, 3.63) is 58.9 Å². The third-order valence-corrected chi connectivity index (χ3v) is 6.01. The summed E-state index contributed by atoms with van der Waals surface area (Å²) in [6.45, 7) is 5.42. The molecule has 0 aliphatic carbocycles. The zero-order valence-electron chi connectivity index (χ0n) is 20.0. The first kappa shape index (κ1) is 24.0. The van der Waals surface area contributed by atoms with Crippen molar-refractivity contribution < 1.29 is 28.4 Å². The molecule has 0 radical (unpaired) electrons. The zero-order valence-corrected chi connectivity index (χ0v) is 20.0. The highest BCUT2D eigenvalue weighted by molar-refractivity contribution is 5.69. The van der Waals surface area contributed by atoms with E-state index in [1.54, 1.807) is 18.0 Å².